The molecule has 0 aromatic heterocycles. The van der Waals surface area contributed by atoms with Gasteiger partial charge in [-0.2, -0.15) is 0 Å². The van der Waals surface area contributed by atoms with E-state index >= 15 is 0 Å². The summed E-state index contributed by atoms with van der Waals surface area (Å²) in [5.41, 5.74) is 2.08. The lowest BCUT2D eigenvalue weighted by atomic mass is 9.65. The maximum absolute atomic E-state index is 12.7. The Kier molecular flexibility index (Phi) is 5.71. The van der Waals surface area contributed by atoms with E-state index < -0.39 is 0 Å². The van der Waals surface area contributed by atoms with Crippen molar-refractivity contribution in [1.82, 2.24) is 10.2 Å². The molecule has 0 spiro atoms. The Morgan fingerprint density at radius 1 is 1.18 bits per heavy atom. The lowest BCUT2D eigenvalue weighted by molar-refractivity contribution is 0.129. The quantitative estimate of drug-likeness (QED) is 0.692. The maximum atomic E-state index is 12.7. The number of hydrogen-bond donors (Lipinski definition) is 1. The summed E-state index contributed by atoms with van der Waals surface area (Å²) in [4.78, 5) is 14.8. The predicted octanol–water partition coefficient (Wildman–Crippen LogP) is 5.36. The van der Waals surface area contributed by atoms with Crippen LogP contribution in [0.4, 0.5) is 4.79 Å². The van der Waals surface area contributed by atoms with E-state index in [1.807, 2.05) is 12.1 Å². The molecule has 3 rings (SSSR count). The van der Waals surface area contributed by atoms with E-state index in [1.165, 1.54) is 12.0 Å². The summed E-state index contributed by atoms with van der Waals surface area (Å²) < 4.78 is 5.83. The zero-order valence-corrected chi connectivity index (χ0v) is 18.6. The summed E-state index contributed by atoms with van der Waals surface area (Å²) in [6.07, 6.45) is 4.29. The van der Waals surface area contributed by atoms with Crippen LogP contribution in [0.2, 0.25) is 0 Å². The molecule has 2 amide bonds. The first kappa shape index (κ1) is 21.0. The molecule has 156 valence electrons. The smallest absolute Gasteiger partial charge is 0.317 e. The number of fused-ring (bicyclic) bond motifs is 2. The minimum Gasteiger partial charge on any atom is -0.494 e. The molecule has 0 radical (unpaired) electrons. The van der Waals surface area contributed by atoms with Gasteiger partial charge in [0.1, 0.15) is 5.75 Å². The molecule has 1 aromatic carbocycles. The Morgan fingerprint density at radius 2 is 1.86 bits per heavy atom. The number of hydrogen-bond acceptors (Lipinski definition) is 2. The molecule has 1 heterocycles. The van der Waals surface area contributed by atoms with E-state index in [1.54, 1.807) is 0 Å². The molecule has 2 atom stereocenters. The summed E-state index contributed by atoms with van der Waals surface area (Å²) in [7, 11) is 0. The summed E-state index contributed by atoms with van der Waals surface area (Å²) in [6, 6.07) is 8.82. The third kappa shape index (κ3) is 5.01. The third-order valence-electron chi connectivity index (χ3n) is 6.26. The average molecular weight is 387 g/mol. The largest absolute Gasteiger partial charge is 0.494 e. The van der Waals surface area contributed by atoms with Gasteiger partial charge < -0.3 is 15.0 Å². The van der Waals surface area contributed by atoms with Gasteiger partial charge in [-0.1, -0.05) is 53.7 Å². The predicted molar refractivity (Wildman–Crippen MR) is 115 cm³/mol. The standard InChI is InChI=1S/C24H38N2O2/c1-22(2,3)18-8-10-20(11-9-18)28-13-7-12-25-21(27)26-17-24(6)15-19(26)14-23(4,5)16-24/h8-11,19H,7,12-17H2,1-6H3,(H,25,27). The number of benzene rings is 1. The van der Waals surface area contributed by atoms with Crippen LogP contribution in [-0.2, 0) is 5.41 Å². The summed E-state index contributed by atoms with van der Waals surface area (Å²) in [6.45, 7) is 15.8. The second-order valence-electron chi connectivity index (χ2n) is 11.0. The monoisotopic (exact) mass is 386 g/mol. The molecule has 2 bridgehead atoms. The molecular formula is C24H38N2O2. The highest BCUT2D eigenvalue weighted by Gasteiger charge is 2.50. The van der Waals surface area contributed by atoms with Crippen LogP contribution in [0.15, 0.2) is 24.3 Å². The molecular weight excluding hydrogens is 348 g/mol. The van der Waals surface area contributed by atoms with Gasteiger partial charge in [0.05, 0.1) is 6.61 Å². The molecule has 1 aliphatic carbocycles. The third-order valence-corrected chi connectivity index (χ3v) is 6.26. The lowest BCUT2D eigenvalue weighted by Gasteiger charge is -2.39. The van der Waals surface area contributed by atoms with Gasteiger partial charge in [0, 0.05) is 19.1 Å². The van der Waals surface area contributed by atoms with Gasteiger partial charge in [-0.05, 0) is 59.6 Å². The number of rotatable bonds is 5. The van der Waals surface area contributed by atoms with E-state index in [2.05, 4.69) is 63.9 Å². The number of nitrogens with one attached hydrogen (secondary N) is 1. The summed E-state index contributed by atoms with van der Waals surface area (Å²) in [5.74, 6) is 0.892. The molecule has 1 aromatic rings. The lowest BCUT2D eigenvalue weighted by Crippen LogP contribution is -2.44. The fourth-order valence-electron chi connectivity index (χ4n) is 5.31. The van der Waals surface area contributed by atoms with E-state index in [4.69, 9.17) is 4.74 Å². The van der Waals surface area contributed by atoms with Crippen molar-refractivity contribution in [3.8, 4) is 5.75 Å². The van der Waals surface area contributed by atoms with Crippen LogP contribution < -0.4 is 10.1 Å². The van der Waals surface area contributed by atoms with Crippen molar-refractivity contribution in [3.63, 3.8) is 0 Å². The van der Waals surface area contributed by atoms with Crippen molar-refractivity contribution >= 4 is 6.03 Å². The number of ether oxygens (including phenoxy) is 1. The number of carbonyl (C=O) groups excluding carboxylic acids is 1. The molecule has 2 unspecified atom stereocenters. The molecule has 1 saturated heterocycles. The van der Waals surface area contributed by atoms with Crippen molar-refractivity contribution < 1.29 is 9.53 Å². The maximum Gasteiger partial charge on any atom is 0.317 e. The molecule has 28 heavy (non-hydrogen) atoms. The van der Waals surface area contributed by atoms with Gasteiger partial charge in [-0.15, -0.1) is 0 Å². The van der Waals surface area contributed by atoms with Gasteiger partial charge >= 0.3 is 6.03 Å². The average Bonchev–Trinajstić information content (AvgIpc) is 2.83. The molecule has 2 fully saturated rings. The van der Waals surface area contributed by atoms with Crippen molar-refractivity contribution in [2.24, 2.45) is 10.8 Å². The van der Waals surface area contributed by atoms with Crippen molar-refractivity contribution in [1.29, 1.82) is 0 Å². The Bertz CT molecular complexity index is 690. The molecule has 1 aliphatic heterocycles. The van der Waals surface area contributed by atoms with Crippen molar-refractivity contribution in [2.45, 2.75) is 78.7 Å². The molecule has 2 aliphatic rings. The zero-order valence-electron chi connectivity index (χ0n) is 18.6. The first-order valence-corrected chi connectivity index (χ1v) is 10.8. The fraction of sp³-hybridized carbons (Fsp3) is 0.708. The van der Waals surface area contributed by atoms with Crippen LogP contribution in [0.1, 0.15) is 72.8 Å². The number of carbonyl (C=O) groups is 1. The van der Waals surface area contributed by atoms with Gasteiger partial charge in [-0.25, -0.2) is 4.79 Å². The van der Waals surface area contributed by atoms with Crippen LogP contribution in [0.5, 0.6) is 5.75 Å². The highest BCUT2D eigenvalue weighted by Crippen LogP contribution is 2.52. The Hall–Kier alpha value is -1.71. The topological polar surface area (TPSA) is 41.6 Å². The zero-order chi connectivity index (χ0) is 20.6. The van der Waals surface area contributed by atoms with E-state index in [9.17, 15) is 4.79 Å². The number of nitrogens with zero attached hydrogens (tertiary/aromatic N) is 1. The van der Waals surface area contributed by atoms with Gasteiger partial charge in [0.25, 0.3) is 0 Å². The molecule has 4 heteroatoms. The van der Waals surface area contributed by atoms with Crippen molar-refractivity contribution in [2.75, 3.05) is 19.7 Å². The van der Waals surface area contributed by atoms with Crippen LogP contribution in [-0.4, -0.2) is 36.7 Å². The summed E-state index contributed by atoms with van der Waals surface area (Å²) in [5, 5.41) is 3.10. The first-order chi connectivity index (χ1) is 13.0. The van der Waals surface area contributed by atoms with Gasteiger partial charge in [0.15, 0.2) is 0 Å². The minimum atomic E-state index is 0.0981. The van der Waals surface area contributed by atoms with E-state index in [-0.39, 0.29) is 16.9 Å². The van der Waals surface area contributed by atoms with Gasteiger partial charge in [-0.3, -0.25) is 0 Å². The van der Waals surface area contributed by atoms with Crippen LogP contribution in [0.25, 0.3) is 0 Å². The van der Waals surface area contributed by atoms with E-state index in [0.29, 0.717) is 24.6 Å². The minimum absolute atomic E-state index is 0.0981. The number of urea groups is 1. The van der Waals surface area contributed by atoms with Crippen LogP contribution in [0, 0.1) is 10.8 Å². The first-order valence-electron chi connectivity index (χ1n) is 10.8. The molecule has 1 N–H and O–H groups in total. The normalized spacial score (nSPS) is 26.2. The van der Waals surface area contributed by atoms with E-state index in [0.717, 1.165) is 31.6 Å². The Morgan fingerprint density at radius 3 is 2.50 bits per heavy atom. The Labute approximate surface area is 171 Å². The SMILES string of the molecule is CC1(C)CC2CC(C)(CN2C(=O)NCCCOc2ccc(C(C)(C)C)cc2)C1. The van der Waals surface area contributed by atoms with Crippen molar-refractivity contribution in [3.05, 3.63) is 29.8 Å². The summed E-state index contributed by atoms with van der Waals surface area (Å²) >= 11 is 0. The second-order valence-corrected chi connectivity index (χ2v) is 11.0. The number of amides is 2. The Balaban J connectivity index is 1.39. The fourth-order valence-corrected chi connectivity index (χ4v) is 5.31. The molecule has 1 saturated carbocycles. The number of likely N-dealkylation sites (tertiary alicyclic amines) is 1. The van der Waals surface area contributed by atoms with Crippen LogP contribution >= 0.6 is 0 Å². The van der Waals surface area contributed by atoms with Gasteiger partial charge in [0.2, 0.25) is 0 Å². The highest BCUT2D eigenvalue weighted by molar-refractivity contribution is 5.75. The van der Waals surface area contributed by atoms with Crippen LogP contribution in [0.3, 0.4) is 0 Å². The highest BCUT2D eigenvalue weighted by atomic mass is 16.5. The second kappa shape index (κ2) is 7.61. The molecule has 4 nitrogen and oxygen atoms in total.